The number of esters is 1. The lowest BCUT2D eigenvalue weighted by Gasteiger charge is -2.12. The van der Waals surface area contributed by atoms with E-state index in [4.69, 9.17) is 4.74 Å². The molecule has 0 atom stereocenters. The summed E-state index contributed by atoms with van der Waals surface area (Å²) in [5.41, 5.74) is 0.787. The van der Waals surface area contributed by atoms with Gasteiger partial charge in [-0.05, 0) is 32.9 Å². The van der Waals surface area contributed by atoms with Crippen LogP contribution in [0.4, 0.5) is 0 Å². The second kappa shape index (κ2) is 4.26. The Balaban J connectivity index is 2.11. The summed E-state index contributed by atoms with van der Waals surface area (Å²) in [4.78, 5) is 11.8. The van der Waals surface area contributed by atoms with Gasteiger partial charge in [-0.1, -0.05) is 18.2 Å². The van der Waals surface area contributed by atoms with Crippen LogP contribution in [0.3, 0.4) is 0 Å². The maximum Gasteiger partial charge on any atom is 0.317 e. The smallest absolute Gasteiger partial charge is 0.317 e. The standard InChI is InChI=1S/C13H17NO2/c1-13(7-8-13)12(15)16-11-6-4-3-5-10(11)9-14-2/h3-6,14H,7-9H2,1-2H3. The molecule has 0 radical (unpaired) electrons. The summed E-state index contributed by atoms with van der Waals surface area (Å²) in [6.07, 6.45) is 1.89. The molecule has 0 saturated heterocycles. The first kappa shape index (κ1) is 11.1. The third-order valence-corrected chi connectivity index (χ3v) is 3.04. The third kappa shape index (κ3) is 2.25. The molecule has 3 heteroatoms. The van der Waals surface area contributed by atoms with Crippen molar-refractivity contribution in [1.82, 2.24) is 5.32 Å². The Labute approximate surface area is 95.8 Å². The van der Waals surface area contributed by atoms with E-state index >= 15 is 0 Å². The van der Waals surface area contributed by atoms with Gasteiger partial charge in [0, 0.05) is 12.1 Å². The number of nitrogens with one attached hydrogen (secondary N) is 1. The minimum Gasteiger partial charge on any atom is -0.426 e. The van der Waals surface area contributed by atoms with Crippen LogP contribution in [0.5, 0.6) is 5.75 Å². The van der Waals surface area contributed by atoms with Crippen molar-refractivity contribution in [2.45, 2.75) is 26.3 Å². The fourth-order valence-electron chi connectivity index (χ4n) is 1.55. The first-order chi connectivity index (χ1) is 7.65. The van der Waals surface area contributed by atoms with Gasteiger partial charge in [0.1, 0.15) is 5.75 Å². The van der Waals surface area contributed by atoms with Crippen LogP contribution in [0.2, 0.25) is 0 Å². The molecule has 1 aliphatic rings. The van der Waals surface area contributed by atoms with E-state index in [0.29, 0.717) is 12.3 Å². The second-order valence-electron chi connectivity index (χ2n) is 4.59. The molecule has 0 bridgehead atoms. The molecule has 0 amide bonds. The van der Waals surface area contributed by atoms with E-state index in [1.54, 1.807) is 0 Å². The lowest BCUT2D eigenvalue weighted by Crippen LogP contribution is -2.20. The van der Waals surface area contributed by atoms with Gasteiger partial charge in [-0.2, -0.15) is 0 Å². The molecule has 0 unspecified atom stereocenters. The van der Waals surface area contributed by atoms with Crippen LogP contribution in [0.15, 0.2) is 24.3 Å². The van der Waals surface area contributed by atoms with Gasteiger partial charge < -0.3 is 10.1 Å². The van der Waals surface area contributed by atoms with Crippen LogP contribution >= 0.6 is 0 Å². The Bertz CT molecular complexity index is 397. The maximum atomic E-state index is 11.8. The molecule has 3 nitrogen and oxygen atoms in total. The van der Waals surface area contributed by atoms with Crippen LogP contribution < -0.4 is 10.1 Å². The van der Waals surface area contributed by atoms with E-state index in [1.807, 2.05) is 38.2 Å². The number of hydrogen-bond donors (Lipinski definition) is 1. The van der Waals surface area contributed by atoms with Crippen molar-refractivity contribution in [1.29, 1.82) is 0 Å². The van der Waals surface area contributed by atoms with Gasteiger partial charge in [-0.3, -0.25) is 4.79 Å². The fourth-order valence-corrected chi connectivity index (χ4v) is 1.55. The van der Waals surface area contributed by atoms with E-state index in [2.05, 4.69) is 5.32 Å². The van der Waals surface area contributed by atoms with Gasteiger partial charge in [0.2, 0.25) is 0 Å². The highest BCUT2D eigenvalue weighted by molar-refractivity contribution is 5.81. The van der Waals surface area contributed by atoms with Gasteiger partial charge in [0.25, 0.3) is 0 Å². The van der Waals surface area contributed by atoms with Gasteiger partial charge in [0.15, 0.2) is 0 Å². The lowest BCUT2D eigenvalue weighted by molar-refractivity contribution is -0.139. The molecule has 1 aliphatic carbocycles. The Morgan fingerprint density at radius 1 is 1.44 bits per heavy atom. The summed E-state index contributed by atoms with van der Waals surface area (Å²) in [5.74, 6) is 0.575. The van der Waals surface area contributed by atoms with Crippen molar-refractivity contribution in [2.75, 3.05) is 7.05 Å². The molecule has 1 aromatic rings. The lowest BCUT2D eigenvalue weighted by atomic mass is 10.1. The van der Waals surface area contributed by atoms with E-state index < -0.39 is 0 Å². The SMILES string of the molecule is CNCc1ccccc1OC(=O)C1(C)CC1. The fraction of sp³-hybridized carbons (Fsp3) is 0.462. The number of benzene rings is 1. The molecule has 0 spiro atoms. The zero-order valence-corrected chi connectivity index (χ0v) is 9.75. The number of rotatable bonds is 4. The van der Waals surface area contributed by atoms with E-state index in [0.717, 1.165) is 18.4 Å². The second-order valence-corrected chi connectivity index (χ2v) is 4.59. The van der Waals surface area contributed by atoms with Crippen LogP contribution in [-0.2, 0) is 11.3 Å². The van der Waals surface area contributed by atoms with Gasteiger partial charge >= 0.3 is 5.97 Å². The van der Waals surface area contributed by atoms with Crippen molar-refractivity contribution >= 4 is 5.97 Å². The van der Waals surface area contributed by atoms with Crippen LogP contribution in [0.25, 0.3) is 0 Å². The minimum absolute atomic E-state index is 0.101. The van der Waals surface area contributed by atoms with Crippen molar-refractivity contribution in [3.8, 4) is 5.75 Å². The first-order valence-corrected chi connectivity index (χ1v) is 5.60. The normalized spacial score (nSPS) is 16.9. The van der Waals surface area contributed by atoms with E-state index in [-0.39, 0.29) is 11.4 Å². The molecular weight excluding hydrogens is 202 g/mol. The Morgan fingerprint density at radius 3 is 2.75 bits per heavy atom. The van der Waals surface area contributed by atoms with Crippen molar-refractivity contribution in [2.24, 2.45) is 5.41 Å². The third-order valence-electron chi connectivity index (χ3n) is 3.04. The zero-order valence-electron chi connectivity index (χ0n) is 9.75. The average molecular weight is 219 g/mol. The Hall–Kier alpha value is -1.35. The molecular formula is C13H17NO2. The highest BCUT2D eigenvalue weighted by Crippen LogP contribution is 2.46. The highest BCUT2D eigenvalue weighted by Gasteiger charge is 2.46. The van der Waals surface area contributed by atoms with E-state index in [9.17, 15) is 4.79 Å². The summed E-state index contributed by atoms with van der Waals surface area (Å²) >= 11 is 0. The number of carbonyl (C=O) groups excluding carboxylic acids is 1. The predicted molar refractivity (Wildman–Crippen MR) is 62.2 cm³/mol. The highest BCUT2D eigenvalue weighted by atomic mass is 16.5. The summed E-state index contributed by atoms with van der Waals surface area (Å²) < 4.78 is 5.45. The van der Waals surface area contributed by atoms with Gasteiger partial charge in [-0.15, -0.1) is 0 Å². The quantitative estimate of drug-likeness (QED) is 0.622. The molecule has 1 N–H and O–H groups in total. The summed E-state index contributed by atoms with van der Waals surface area (Å²) in [6, 6.07) is 7.64. The zero-order chi connectivity index (χ0) is 11.6. The topological polar surface area (TPSA) is 38.3 Å². The Kier molecular flexibility index (Phi) is 2.97. The maximum absolute atomic E-state index is 11.8. The van der Waals surface area contributed by atoms with Crippen LogP contribution in [0.1, 0.15) is 25.3 Å². The van der Waals surface area contributed by atoms with Crippen LogP contribution in [-0.4, -0.2) is 13.0 Å². The van der Waals surface area contributed by atoms with Crippen molar-refractivity contribution in [3.05, 3.63) is 29.8 Å². The van der Waals surface area contributed by atoms with Crippen molar-refractivity contribution < 1.29 is 9.53 Å². The predicted octanol–water partition coefficient (Wildman–Crippen LogP) is 2.11. The molecule has 2 rings (SSSR count). The van der Waals surface area contributed by atoms with Gasteiger partial charge in [0.05, 0.1) is 5.41 Å². The number of hydrogen-bond acceptors (Lipinski definition) is 3. The minimum atomic E-state index is -0.229. The molecule has 1 aromatic carbocycles. The average Bonchev–Trinajstić information content (AvgIpc) is 3.01. The molecule has 1 saturated carbocycles. The summed E-state index contributed by atoms with van der Waals surface area (Å²) in [5, 5.41) is 3.06. The van der Waals surface area contributed by atoms with Crippen LogP contribution in [0, 0.1) is 5.41 Å². The molecule has 1 fully saturated rings. The van der Waals surface area contributed by atoms with Gasteiger partial charge in [-0.25, -0.2) is 0 Å². The van der Waals surface area contributed by atoms with E-state index in [1.165, 1.54) is 0 Å². The largest absolute Gasteiger partial charge is 0.426 e. The number of ether oxygens (including phenoxy) is 1. The molecule has 0 heterocycles. The molecule has 16 heavy (non-hydrogen) atoms. The van der Waals surface area contributed by atoms with Crippen molar-refractivity contribution in [3.63, 3.8) is 0 Å². The monoisotopic (exact) mass is 219 g/mol. The first-order valence-electron chi connectivity index (χ1n) is 5.60. The number of carbonyl (C=O) groups is 1. The Morgan fingerprint density at radius 2 is 2.12 bits per heavy atom. The molecule has 0 aromatic heterocycles. The number of para-hydroxylation sites is 1. The summed E-state index contributed by atoms with van der Waals surface area (Å²) in [6.45, 7) is 2.66. The molecule has 86 valence electrons. The molecule has 0 aliphatic heterocycles. The summed E-state index contributed by atoms with van der Waals surface area (Å²) in [7, 11) is 1.88.